The highest BCUT2D eigenvalue weighted by Crippen LogP contribution is 2.32. The Balaban J connectivity index is 1.63. The van der Waals surface area contributed by atoms with Gasteiger partial charge in [-0.25, -0.2) is 0 Å². The zero-order valence-electron chi connectivity index (χ0n) is 12.4. The number of hydrogen-bond acceptors (Lipinski definition) is 4. The van der Waals surface area contributed by atoms with Gasteiger partial charge in [0.1, 0.15) is 6.54 Å². The lowest BCUT2D eigenvalue weighted by molar-refractivity contribution is -0.118. The molecule has 1 aliphatic heterocycles. The molecule has 3 unspecified atom stereocenters. The fraction of sp³-hybridized carbons (Fsp3) is 0.733. The summed E-state index contributed by atoms with van der Waals surface area (Å²) in [5, 5.41) is 11.5. The van der Waals surface area contributed by atoms with Crippen LogP contribution in [-0.4, -0.2) is 34.3 Å². The molecule has 2 heterocycles. The van der Waals surface area contributed by atoms with Crippen LogP contribution in [0, 0.1) is 5.92 Å². The van der Waals surface area contributed by atoms with Crippen LogP contribution in [0.5, 0.6) is 0 Å². The molecule has 3 atom stereocenters. The molecule has 6 nitrogen and oxygen atoms in total. The molecule has 3 rings (SSSR count). The number of anilines is 1. The van der Waals surface area contributed by atoms with E-state index in [2.05, 4.69) is 15.7 Å². The molecule has 21 heavy (non-hydrogen) atoms. The Morgan fingerprint density at radius 1 is 1.38 bits per heavy atom. The van der Waals surface area contributed by atoms with Crippen LogP contribution in [0.1, 0.15) is 38.5 Å². The van der Waals surface area contributed by atoms with Gasteiger partial charge in [0.05, 0.1) is 11.9 Å². The largest absolute Gasteiger partial charge is 0.379 e. The van der Waals surface area contributed by atoms with Crippen LogP contribution >= 0.6 is 0 Å². The topological polar surface area (TPSA) is 85.0 Å². The molecular formula is C15H25N5O. The molecule has 1 aromatic heterocycles. The highest BCUT2D eigenvalue weighted by molar-refractivity contribution is 5.73. The molecule has 0 spiro atoms. The van der Waals surface area contributed by atoms with Gasteiger partial charge < -0.3 is 16.4 Å². The van der Waals surface area contributed by atoms with E-state index in [4.69, 9.17) is 5.73 Å². The van der Waals surface area contributed by atoms with Gasteiger partial charge in [0.25, 0.3) is 0 Å². The van der Waals surface area contributed by atoms with E-state index in [1.165, 1.54) is 38.5 Å². The number of aromatic nitrogens is 2. The lowest BCUT2D eigenvalue weighted by Gasteiger charge is -2.36. The molecule has 2 fully saturated rings. The summed E-state index contributed by atoms with van der Waals surface area (Å²) in [5.41, 5.74) is 6.19. The predicted octanol–water partition coefficient (Wildman–Crippen LogP) is 1.09. The van der Waals surface area contributed by atoms with E-state index < -0.39 is 0 Å². The summed E-state index contributed by atoms with van der Waals surface area (Å²) >= 11 is 0. The number of amides is 1. The third-order valence-corrected chi connectivity index (χ3v) is 4.74. The Morgan fingerprint density at radius 2 is 2.24 bits per heavy atom. The van der Waals surface area contributed by atoms with E-state index in [1.807, 2.05) is 6.20 Å². The summed E-state index contributed by atoms with van der Waals surface area (Å²) < 4.78 is 1.59. The molecule has 0 radical (unpaired) electrons. The number of nitrogens with two attached hydrogens (primary N) is 1. The molecule has 0 bridgehead atoms. The second-order valence-corrected chi connectivity index (χ2v) is 6.29. The van der Waals surface area contributed by atoms with Gasteiger partial charge in [-0.05, 0) is 38.1 Å². The molecule has 0 aromatic carbocycles. The van der Waals surface area contributed by atoms with E-state index in [0.29, 0.717) is 18.0 Å². The molecule has 4 N–H and O–H groups in total. The number of rotatable bonds is 5. The van der Waals surface area contributed by atoms with E-state index >= 15 is 0 Å². The predicted molar refractivity (Wildman–Crippen MR) is 81.8 cm³/mol. The fourth-order valence-corrected chi connectivity index (χ4v) is 3.80. The Labute approximate surface area is 125 Å². The Kier molecular flexibility index (Phi) is 4.43. The Morgan fingerprint density at radius 3 is 3.00 bits per heavy atom. The number of carbonyl (C=O) groups excluding carboxylic acids is 1. The highest BCUT2D eigenvalue weighted by atomic mass is 16.1. The van der Waals surface area contributed by atoms with Gasteiger partial charge in [0.2, 0.25) is 5.91 Å². The third-order valence-electron chi connectivity index (χ3n) is 4.74. The quantitative estimate of drug-likeness (QED) is 0.758. The fourth-order valence-electron chi connectivity index (χ4n) is 3.80. The monoisotopic (exact) mass is 291 g/mol. The van der Waals surface area contributed by atoms with Crippen molar-refractivity contribution in [1.29, 1.82) is 0 Å². The van der Waals surface area contributed by atoms with E-state index in [9.17, 15) is 4.79 Å². The summed E-state index contributed by atoms with van der Waals surface area (Å²) in [6.07, 6.45) is 11.4. The van der Waals surface area contributed by atoms with Crippen LogP contribution in [-0.2, 0) is 11.3 Å². The van der Waals surface area contributed by atoms with Crippen molar-refractivity contribution in [2.75, 3.05) is 11.9 Å². The van der Waals surface area contributed by atoms with Crippen LogP contribution in [0.15, 0.2) is 12.4 Å². The van der Waals surface area contributed by atoms with Gasteiger partial charge >= 0.3 is 0 Å². The average Bonchev–Trinajstić information content (AvgIpc) is 3.11. The van der Waals surface area contributed by atoms with Crippen molar-refractivity contribution in [3.63, 3.8) is 0 Å². The molecule has 1 saturated carbocycles. The maximum Gasteiger partial charge on any atom is 0.239 e. The van der Waals surface area contributed by atoms with Crippen LogP contribution in [0.25, 0.3) is 0 Å². The minimum Gasteiger partial charge on any atom is -0.379 e. The number of carbonyl (C=O) groups is 1. The van der Waals surface area contributed by atoms with Crippen molar-refractivity contribution in [1.82, 2.24) is 15.1 Å². The zero-order chi connectivity index (χ0) is 14.7. The van der Waals surface area contributed by atoms with Crippen molar-refractivity contribution in [3.05, 3.63) is 12.4 Å². The van der Waals surface area contributed by atoms with Gasteiger partial charge in [-0.3, -0.25) is 9.48 Å². The third kappa shape index (κ3) is 3.56. The normalized spacial score (nSPS) is 29.4. The van der Waals surface area contributed by atoms with E-state index in [0.717, 1.165) is 12.2 Å². The van der Waals surface area contributed by atoms with Gasteiger partial charge in [-0.15, -0.1) is 0 Å². The Hall–Kier alpha value is -1.56. The maximum absolute atomic E-state index is 10.9. The maximum atomic E-state index is 10.9. The van der Waals surface area contributed by atoms with Crippen LogP contribution in [0.2, 0.25) is 0 Å². The zero-order valence-corrected chi connectivity index (χ0v) is 12.4. The molecule has 116 valence electrons. The van der Waals surface area contributed by atoms with Crippen molar-refractivity contribution < 1.29 is 4.79 Å². The molecule has 2 aliphatic rings. The summed E-state index contributed by atoms with van der Waals surface area (Å²) in [4.78, 5) is 10.9. The van der Waals surface area contributed by atoms with Crippen LogP contribution in [0.3, 0.4) is 0 Å². The second-order valence-electron chi connectivity index (χ2n) is 6.29. The summed E-state index contributed by atoms with van der Waals surface area (Å²) in [5.74, 6) is 0.330. The van der Waals surface area contributed by atoms with Gasteiger partial charge in [0, 0.05) is 18.3 Å². The van der Waals surface area contributed by atoms with Gasteiger partial charge in [0.15, 0.2) is 0 Å². The van der Waals surface area contributed by atoms with Gasteiger partial charge in [-0.2, -0.15) is 5.10 Å². The molecule has 1 aromatic rings. The molecular weight excluding hydrogens is 266 g/mol. The second kappa shape index (κ2) is 6.47. The van der Waals surface area contributed by atoms with Crippen LogP contribution in [0.4, 0.5) is 5.69 Å². The van der Waals surface area contributed by atoms with Crippen molar-refractivity contribution in [2.45, 2.75) is 57.2 Å². The van der Waals surface area contributed by atoms with Gasteiger partial charge in [-0.1, -0.05) is 12.8 Å². The smallest absolute Gasteiger partial charge is 0.239 e. The number of nitrogens with one attached hydrogen (secondary N) is 2. The van der Waals surface area contributed by atoms with Crippen molar-refractivity contribution in [2.24, 2.45) is 11.7 Å². The first-order valence-electron chi connectivity index (χ1n) is 8.03. The average molecular weight is 291 g/mol. The van der Waals surface area contributed by atoms with E-state index in [1.54, 1.807) is 10.9 Å². The SMILES string of the molecule is NC(=O)Cn1cc(NC2CCCCC2C2CCCN2)cn1. The summed E-state index contributed by atoms with van der Waals surface area (Å²) in [6, 6.07) is 1.16. The van der Waals surface area contributed by atoms with E-state index in [-0.39, 0.29) is 12.5 Å². The Bertz CT molecular complexity index is 480. The molecule has 1 amide bonds. The molecule has 6 heteroatoms. The number of primary amides is 1. The molecule has 1 aliphatic carbocycles. The molecule has 1 saturated heterocycles. The van der Waals surface area contributed by atoms with Crippen molar-refractivity contribution in [3.8, 4) is 0 Å². The number of nitrogens with zero attached hydrogens (tertiary/aromatic N) is 2. The lowest BCUT2D eigenvalue weighted by Crippen LogP contribution is -2.43. The van der Waals surface area contributed by atoms with Crippen LogP contribution < -0.4 is 16.4 Å². The first-order valence-corrected chi connectivity index (χ1v) is 8.03. The minimum atomic E-state index is -0.365. The summed E-state index contributed by atoms with van der Waals surface area (Å²) in [7, 11) is 0. The highest BCUT2D eigenvalue weighted by Gasteiger charge is 2.33. The van der Waals surface area contributed by atoms with Crippen molar-refractivity contribution >= 4 is 11.6 Å². The lowest BCUT2D eigenvalue weighted by atomic mass is 9.79. The number of hydrogen-bond donors (Lipinski definition) is 3. The summed E-state index contributed by atoms with van der Waals surface area (Å²) in [6.45, 7) is 1.30. The first-order chi connectivity index (χ1) is 10.2. The first kappa shape index (κ1) is 14.4. The minimum absolute atomic E-state index is 0.139. The standard InChI is InChI=1S/C15H25N5O/c16-15(21)10-20-9-11(8-18-20)19-14-5-2-1-4-12(14)13-6-3-7-17-13/h8-9,12-14,17,19H,1-7,10H2,(H2,16,21).